The van der Waals surface area contributed by atoms with Crippen LogP contribution >= 0.6 is 0 Å². The zero-order valence-electron chi connectivity index (χ0n) is 10.8. The number of amides is 1. The van der Waals surface area contributed by atoms with E-state index in [2.05, 4.69) is 4.90 Å². The van der Waals surface area contributed by atoms with Crippen LogP contribution in [0, 0.1) is 11.8 Å². The van der Waals surface area contributed by atoms with Crippen molar-refractivity contribution < 1.29 is 15.0 Å². The molecule has 0 unspecified atom stereocenters. The number of aliphatic hydroxyl groups is 2. The van der Waals surface area contributed by atoms with E-state index in [0.29, 0.717) is 19.6 Å². The lowest BCUT2D eigenvalue weighted by Gasteiger charge is -2.22. The van der Waals surface area contributed by atoms with Crippen molar-refractivity contribution in [2.24, 2.45) is 11.8 Å². The van der Waals surface area contributed by atoms with E-state index in [4.69, 9.17) is 0 Å². The molecule has 17 heavy (non-hydrogen) atoms. The van der Waals surface area contributed by atoms with E-state index < -0.39 is 0 Å². The largest absolute Gasteiger partial charge is 0.396 e. The number of hydrogen-bond donors (Lipinski definition) is 2. The maximum atomic E-state index is 12.0. The minimum atomic E-state index is 0.0284. The predicted molar refractivity (Wildman–Crippen MR) is 65.5 cm³/mol. The van der Waals surface area contributed by atoms with Crippen molar-refractivity contribution in [1.29, 1.82) is 0 Å². The Morgan fingerprint density at radius 3 is 2.00 bits per heavy atom. The summed E-state index contributed by atoms with van der Waals surface area (Å²) in [4.78, 5) is 15.9. The molecule has 1 aliphatic rings. The quantitative estimate of drug-likeness (QED) is 0.654. The highest BCUT2D eigenvalue weighted by Crippen LogP contribution is 2.22. The van der Waals surface area contributed by atoms with Gasteiger partial charge in [-0.15, -0.1) is 0 Å². The van der Waals surface area contributed by atoms with Gasteiger partial charge in [-0.2, -0.15) is 0 Å². The molecule has 0 radical (unpaired) electrons. The molecule has 0 bridgehead atoms. The average molecular weight is 244 g/mol. The molecule has 0 aromatic heterocycles. The molecular formula is C12H24N2O3. The smallest absolute Gasteiger partial charge is 0.236 e. The number of hydrogen-bond acceptors (Lipinski definition) is 4. The van der Waals surface area contributed by atoms with Gasteiger partial charge in [-0.3, -0.25) is 9.69 Å². The first-order valence-corrected chi connectivity index (χ1v) is 6.38. The van der Waals surface area contributed by atoms with Gasteiger partial charge < -0.3 is 15.1 Å². The highest BCUT2D eigenvalue weighted by atomic mass is 16.3. The molecule has 1 aliphatic heterocycles. The van der Waals surface area contributed by atoms with E-state index >= 15 is 0 Å². The molecule has 100 valence electrons. The molecule has 2 atom stereocenters. The maximum Gasteiger partial charge on any atom is 0.236 e. The van der Waals surface area contributed by atoms with Crippen LogP contribution in [0.1, 0.15) is 13.8 Å². The van der Waals surface area contributed by atoms with E-state index in [0.717, 1.165) is 13.1 Å². The van der Waals surface area contributed by atoms with Crippen LogP contribution in [0.15, 0.2) is 0 Å². The Balaban J connectivity index is 2.48. The number of carbonyl (C=O) groups is 1. The number of rotatable bonds is 6. The van der Waals surface area contributed by atoms with Gasteiger partial charge in [-0.25, -0.2) is 0 Å². The summed E-state index contributed by atoms with van der Waals surface area (Å²) in [6, 6.07) is 0. The van der Waals surface area contributed by atoms with Crippen LogP contribution in [0.3, 0.4) is 0 Å². The second kappa shape index (κ2) is 6.93. The van der Waals surface area contributed by atoms with Gasteiger partial charge in [0.05, 0.1) is 6.54 Å². The molecule has 5 heteroatoms. The lowest BCUT2D eigenvalue weighted by atomic mass is 9.98. The van der Waals surface area contributed by atoms with Gasteiger partial charge in [-0.05, 0) is 13.1 Å². The zero-order chi connectivity index (χ0) is 12.8. The second-order valence-electron chi connectivity index (χ2n) is 4.65. The monoisotopic (exact) mass is 244 g/mol. The van der Waals surface area contributed by atoms with Gasteiger partial charge in [-0.1, -0.05) is 13.8 Å². The summed E-state index contributed by atoms with van der Waals surface area (Å²) >= 11 is 0. The number of nitrogens with zero attached hydrogens (tertiary/aromatic N) is 2. The Labute approximate surface area is 103 Å². The minimum absolute atomic E-state index is 0.0284. The number of aliphatic hydroxyl groups excluding tert-OH is 2. The molecule has 0 aromatic carbocycles. The number of carbonyl (C=O) groups excluding carboxylic acids is 1. The van der Waals surface area contributed by atoms with Gasteiger partial charge in [0.2, 0.25) is 5.91 Å². The highest BCUT2D eigenvalue weighted by Gasteiger charge is 2.34. The summed E-state index contributed by atoms with van der Waals surface area (Å²) in [5.41, 5.74) is 0. The Morgan fingerprint density at radius 1 is 1.18 bits per heavy atom. The highest BCUT2D eigenvalue weighted by molar-refractivity contribution is 5.78. The lowest BCUT2D eigenvalue weighted by Crippen LogP contribution is -2.39. The van der Waals surface area contributed by atoms with Crippen molar-refractivity contribution in [3.05, 3.63) is 0 Å². The van der Waals surface area contributed by atoms with Gasteiger partial charge in [0.1, 0.15) is 0 Å². The topological polar surface area (TPSA) is 64.0 Å². The van der Waals surface area contributed by atoms with Crippen LogP contribution in [0.25, 0.3) is 0 Å². The molecule has 1 amide bonds. The number of likely N-dealkylation sites (tertiary alicyclic amines) is 1. The standard InChI is InChI=1S/C12H24N2O3/c1-3-13(4-2)7-12(17)14-5-10(8-15)11(6-14)9-16/h10-11,15-16H,3-9H2,1-2H3/t10-,11-/m0/s1. The van der Waals surface area contributed by atoms with E-state index in [9.17, 15) is 15.0 Å². The minimum Gasteiger partial charge on any atom is -0.396 e. The normalized spacial score (nSPS) is 24.6. The summed E-state index contributed by atoms with van der Waals surface area (Å²) < 4.78 is 0. The third-order valence-electron chi connectivity index (χ3n) is 3.65. The fourth-order valence-corrected chi connectivity index (χ4v) is 2.29. The molecule has 5 nitrogen and oxygen atoms in total. The molecule has 0 saturated carbocycles. The zero-order valence-corrected chi connectivity index (χ0v) is 10.8. The fourth-order valence-electron chi connectivity index (χ4n) is 2.29. The maximum absolute atomic E-state index is 12.0. The van der Waals surface area contributed by atoms with E-state index in [1.165, 1.54) is 0 Å². The van der Waals surface area contributed by atoms with Crippen LogP contribution in [0.2, 0.25) is 0 Å². The summed E-state index contributed by atoms with van der Waals surface area (Å²) in [5.74, 6) is 0.157. The van der Waals surface area contributed by atoms with Crippen LogP contribution in [0.5, 0.6) is 0 Å². The van der Waals surface area contributed by atoms with Crippen molar-refractivity contribution in [3.63, 3.8) is 0 Å². The first-order valence-electron chi connectivity index (χ1n) is 6.38. The first-order chi connectivity index (χ1) is 8.15. The molecule has 1 saturated heterocycles. The fraction of sp³-hybridized carbons (Fsp3) is 0.917. The van der Waals surface area contributed by atoms with Crippen LogP contribution in [0.4, 0.5) is 0 Å². The SMILES string of the molecule is CCN(CC)CC(=O)N1C[C@@H](CO)[C@H](CO)C1. The molecule has 0 aliphatic carbocycles. The first kappa shape index (κ1) is 14.4. The molecular weight excluding hydrogens is 220 g/mol. The summed E-state index contributed by atoms with van der Waals surface area (Å²) in [6.07, 6.45) is 0. The molecule has 0 aromatic rings. The average Bonchev–Trinajstić information content (AvgIpc) is 2.78. The summed E-state index contributed by atoms with van der Waals surface area (Å²) in [6.45, 7) is 7.46. The Kier molecular flexibility index (Phi) is 5.88. The van der Waals surface area contributed by atoms with Gasteiger partial charge in [0, 0.05) is 38.1 Å². The molecule has 2 N–H and O–H groups in total. The molecule has 1 heterocycles. The van der Waals surface area contributed by atoms with E-state index in [1.807, 2.05) is 13.8 Å². The van der Waals surface area contributed by atoms with Crippen molar-refractivity contribution in [1.82, 2.24) is 9.80 Å². The lowest BCUT2D eigenvalue weighted by molar-refractivity contribution is -0.131. The number of likely N-dealkylation sites (N-methyl/N-ethyl adjacent to an activating group) is 1. The van der Waals surface area contributed by atoms with Crippen LogP contribution in [-0.4, -0.2) is 71.9 Å². The molecule has 1 rings (SSSR count). The van der Waals surface area contributed by atoms with Gasteiger partial charge >= 0.3 is 0 Å². The van der Waals surface area contributed by atoms with Crippen molar-refractivity contribution in [2.75, 3.05) is 45.9 Å². The second-order valence-corrected chi connectivity index (χ2v) is 4.65. The van der Waals surface area contributed by atoms with Gasteiger partial charge in [0.15, 0.2) is 0 Å². The van der Waals surface area contributed by atoms with Crippen LogP contribution < -0.4 is 0 Å². The van der Waals surface area contributed by atoms with Crippen molar-refractivity contribution >= 4 is 5.91 Å². The van der Waals surface area contributed by atoms with Gasteiger partial charge in [0.25, 0.3) is 0 Å². The third-order valence-corrected chi connectivity index (χ3v) is 3.65. The Bertz CT molecular complexity index is 232. The predicted octanol–water partition coefficient (Wildman–Crippen LogP) is -0.613. The van der Waals surface area contributed by atoms with Crippen LogP contribution in [-0.2, 0) is 4.79 Å². The Morgan fingerprint density at radius 2 is 1.65 bits per heavy atom. The molecule has 1 fully saturated rings. The summed E-state index contributed by atoms with van der Waals surface area (Å²) in [5, 5.41) is 18.4. The Hall–Kier alpha value is -0.650. The van der Waals surface area contributed by atoms with Crippen molar-refractivity contribution in [2.45, 2.75) is 13.8 Å². The summed E-state index contributed by atoms with van der Waals surface area (Å²) in [7, 11) is 0. The van der Waals surface area contributed by atoms with E-state index in [1.54, 1.807) is 4.90 Å². The third kappa shape index (κ3) is 3.66. The van der Waals surface area contributed by atoms with E-state index in [-0.39, 0.29) is 31.0 Å². The van der Waals surface area contributed by atoms with Crippen molar-refractivity contribution in [3.8, 4) is 0 Å². The molecule has 0 spiro atoms.